The van der Waals surface area contributed by atoms with Crippen molar-refractivity contribution in [1.82, 2.24) is 0 Å². The van der Waals surface area contributed by atoms with E-state index in [1.165, 1.54) is 6.07 Å². The number of hydrogen-bond donors (Lipinski definition) is 2. The Kier molecular flexibility index (Phi) is 4.19. The molecule has 0 aromatic heterocycles. The van der Waals surface area contributed by atoms with E-state index in [0.717, 1.165) is 5.56 Å². The van der Waals surface area contributed by atoms with E-state index in [1.807, 2.05) is 6.92 Å². The molecule has 0 aliphatic rings. The first-order valence-electron chi connectivity index (χ1n) is 5.95. The number of ether oxygens (including phenoxy) is 1. The quantitative estimate of drug-likeness (QED) is 0.859. The van der Waals surface area contributed by atoms with Gasteiger partial charge >= 0.3 is 12.1 Å². The van der Waals surface area contributed by atoms with E-state index < -0.39 is 17.7 Å². The zero-order chi connectivity index (χ0) is 14.8. The Balaban J connectivity index is 3.09. The van der Waals surface area contributed by atoms with Crippen LogP contribution in [0.4, 0.5) is 10.5 Å². The van der Waals surface area contributed by atoms with Crippen molar-refractivity contribution in [3.05, 3.63) is 28.8 Å². The Hall–Kier alpha value is -2.04. The molecule has 0 saturated heterocycles. The first-order valence-corrected chi connectivity index (χ1v) is 5.95. The number of rotatable bonds is 2. The molecular weight excluding hydrogens is 246 g/mol. The van der Waals surface area contributed by atoms with Crippen LogP contribution in [0.15, 0.2) is 12.1 Å². The van der Waals surface area contributed by atoms with E-state index in [0.29, 0.717) is 5.56 Å². The van der Waals surface area contributed by atoms with Gasteiger partial charge in [-0.1, -0.05) is 6.07 Å². The molecule has 0 saturated carbocycles. The zero-order valence-electron chi connectivity index (χ0n) is 11.8. The van der Waals surface area contributed by atoms with Crippen LogP contribution >= 0.6 is 0 Å². The van der Waals surface area contributed by atoms with Crippen LogP contribution in [-0.2, 0) is 4.74 Å². The summed E-state index contributed by atoms with van der Waals surface area (Å²) in [6.45, 7) is 8.84. The molecule has 0 aliphatic carbocycles. The third kappa shape index (κ3) is 3.98. The number of carbonyl (C=O) groups excluding carboxylic acids is 1. The molecule has 2 N–H and O–H groups in total. The number of carbonyl (C=O) groups is 2. The smallest absolute Gasteiger partial charge is 0.412 e. The van der Waals surface area contributed by atoms with Gasteiger partial charge in [-0.15, -0.1) is 0 Å². The SMILES string of the molecule is Cc1ccc(C(=O)O)c(NC(=O)OC(C)(C)C)c1C. The van der Waals surface area contributed by atoms with E-state index in [9.17, 15) is 9.59 Å². The number of anilines is 1. The molecule has 5 nitrogen and oxygen atoms in total. The summed E-state index contributed by atoms with van der Waals surface area (Å²) in [5.74, 6) is -1.09. The molecule has 0 spiro atoms. The van der Waals surface area contributed by atoms with Gasteiger partial charge < -0.3 is 9.84 Å². The number of hydrogen-bond acceptors (Lipinski definition) is 3. The van der Waals surface area contributed by atoms with Crippen LogP contribution < -0.4 is 5.32 Å². The second kappa shape index (κ2) is 5.30. The predicted octanol–water partition coefficient (Wildman–Crippen LogP) is 3.35. The first-order chi connectivity index (χ1) is 8.61. The van der Waals surface area contributed by atoms with Crippen LogP contribution in [0.1, 0.15) is 42.3 Å². The largest absolute Gasteiger partial charge is 0.478 e. The van der Waals surface area contributed by atoms with Crippen LogP contribution in [0.2, 0.25) is 0 Å². The summed E-state index contributed by atoms with van der Waals surface area (Å²) in [4.78, 5) is 22.9. The van der Waals surface area contributed by atoms with Gasteiger partial charge in [0.15, 0.2) is 0 Å². The number of amides is 1. The molecule has 0 fully saturated rings. The maximum Gasteiger partial charge on any atom is 0.412 e. The predicted molar refractivity (Wildman–Crippen MR) is 72.7 cm³/mol. The van der Waals surface area contributed by atoms with Gasteiger partial charge in [0.2, 0.25) is 0 Å². The fourth-order valence-corrected chi connectivity index (χ4v) is 1.56. The number of carboxylic acid groups (broad SMARTS) is 1. The van der Waals surface area contributed by atoms with Crippen molar-refractivity contribution >= 4 is 17.7 Å². The average molecular weight is 265 g/mol. The zero-order valence-corrected chi connectivity index (χ0v) is 11.8. The van der Waals surface area contributed by atoms with Crippen molar-refractivity contribution in [2.75, 3.05) is 5.32 Å². The van der Waals surface area contributed by atoms with Gasteiger partial charge in [0.05, 0.1) is 11.3 Å². The molecule has 0 heterocycles. The van der Waals surface area contributed by atoms with Gasteiger partial charge in [0.25, 0.3) is 0 Å². The lowest BCUT2D eigenvalue weighted by molar-refractivity contribution is 0.0636. The average Bonchev–Trinajstić information content (AvgIpc) is 2.21. The normalized spacial score (nSPS) is 11.0. The Morgan fingerprint density at radius 3 is 2.26 bits per heavy atom. The molecule has 1 rings (SSSR count). The molecule has 5 heteroatoms. The molecule has 19 heavy (non-hydrogen) atoms. The number of benzene rings is 1. The number of aromatic carboxylic acids is 1. The highest BCUT2D eigenvalue weighted by atomic mass is 16.6. The van der Waals surface area contributed by atoms with Gasteiger partial charge in [-0.05, 0) is 51.8 Å². The maximum absolute atomic E-state index is 11.7. The summed E-state index contributed by atoms with van der Waals surface area (Å²) in [5.41, 5.74) is 1.31. The van der Waals surface area contributed by atoms with Crippen molar-refractivity contribution in [3.8, 4) is 0 Å². The molecule has 0 atom stereocenters. The van der Waals surface area contributed by atoms with Gasteiger partial charge in [-0.25, -0.2) is 9.59 Å². The summed E-state index contributed by atoms with van der Waals surface area (Å²) in [5, 5.41) is 11.6. The molecule has 0 bridgehead atoms. The van der Waals surface area contributed by atoms with Gasteiger partial charge in [0, 0.05) is 0 Å². The first kappa shape index (κ1) is 15.0. The summed E-state index contributed by atoms with van der Waals surface area (Å²) in [6.07, 6.45) is -0.663. The van der Waals surface area contributed by atoms with Crippen LogP contribution in [-0.4, -0.2) is 22.8 Å². The lowest BCUT2D eigenvalue weighted by Gasteiger charge is -2.21. The molecule has 0 unspecified atom stereocenters. The minimum atomic E-state index is -1.09. The summed E-state index contributed by atoms with van der Waals surface area (Å²) in [6, 6.07) is 3.18. The lowest BCUT2D eigenvalue weighted by Crippen LogP contribution is -2.28. The number of nitrogens with one attached hydrogen (secondary N) is 1. The molecule has 1 amide bonds. The Labute approximate surface area is 112 Å². The third-order valence-electron chi connectivity index (χ3n) is 2.59. The highest BCUT2D eigenvalue weighted by molar-refractivity contribution is 6.00. The fraction of sp³-hybridized carbons (Fsp3) is 0.429. The Morgan fingerprint density at radius 1 is 1.21 bits per heavy atom. The number of aryl methyl sites for hydroxylation is 1. The second-order valence-electron chi connectivity index (χ2n) is 5.36. The molecular formula is C14H19NO4. The third-order valence-corrected chi connectivity index (χ3v) is 2.59. The van der Waals surface area contributed by atoms with Crippen molar-refractivity contribution in [2.45, 2.75) is 40.2 Å². The van der Waals surface area contributed by atoms with E-state index in [4.69, 9.17) is 9.84 Å². The highest BCUT2D eigenvalue weighted by Gasteiger charge is 2.20. The minimum Gasteiger partial charge on any atom is -0.478 e. The van der Waals surface area contributed by atoms with Gasteiger partial charge in [0.1, 0.15) is 5.60 Å². The van der Waals surface area contributed by atoms with E-state index in [1.54, 1.807) is 33.8 Å². The van der Waals surface area contributed by atoms with E-state index >= 15 is 0 Å². The van der Waals surface area contributed by atoms with Crippen LogP contribution in [0.5, 0.6) is 0 Å². The Bertz CT molecular complexity index is 515. The van der Waals surface area contributed by atoms with Gasteiger partial charge in [-0.2, -0.15) is 0 Å². The van der Waals surface area contributed by atoms with Crippen molar-refractivity contribution < 1.29 is 19.4 Å². The van der Waals surface area contributed by atoms with E-state index in [2.05, 4.69) is 5.32 Å². The van der Waals surface area contributed by atoms with Crippen molar-refractivity contribution in [2.24, 2.45) is 0 Å². The topological polar surface area (TPSA) is 75.6 Å². The van der Waals surface area contributed by atoms with Crippen LogP contribution in [0.3, 0.4) is 0 Å². The molecule has 0 aliphatic heterocycles. The Morgan fingerprint density at radius 2 is 1.79 bits per heavy atom. The van der Waals surface area contributed by atoms with E-state index in [-0.39, 0.29) is 11.3 Å². The fourth-order valence-electron chi connectivity index (χ4n) is 1.56. The van der Waals surface area contributed by atoms with Crippen molar-refractivity contribution in [1.29, 1.82) is 0 Å². The lowest BCUT2D eigenvalue weighted by atomic mass is 10.0. The summed E-state index contributed by atoms with van der Waals surface area (Å²) >= 11 is 0. The highest BCUT2D eigenvalue weighted by Crippen LogP contribution is 2.24. The van der Waals surface area contributed by atoms with Crippen LogP contribution in [0, 0.1) is 13.8 Å². The monoisotopic (exact) mass is 265 g/mol. The molecule has 0 radical (unpaired) electrons. The standard InChI is InChI=1S/C14H19NO4/c1-8-6-7-10(12(16)17)11(9(8)2)15-13(18)19-14(3,4)5/h6-7H,1-5H3,(H,15,18)(H,16,17). The molecule has 104 valence electrons. The maximum atomic E-state index is 11.7. The van der Waals surface area contributed by atoms with Crippen LogP contribution in [0.25, 0.3) is 0 Å². The molecule has 1 aromatic carbocycles. The second-order valence-corrected chi connectivity index (χ2v) is 5.36. The number of carboxylic acids is 1. The summed E-state index contributed by atoms with van der Waals surface area (Å²) < 4.78 is 5.13. The van der Waals surface area contributed by atoms with Gasteiger partial charge in [-0.3, -0.25) is 5.32 Å². The molecule has 1 aromatic rings. The summed E-state index contributed by atoms with van der Waals surface area (Å²) in [7, 11) is 0. The van der Waals surface area contributed by atoms with Crippen molar-refractivity contribution in [3.63, 3.8) is 0 Å². The minimum absolute atomic E-state index is 0.0500.